The molecule has 0 radical (unpaired) electrons. The van der Waals surface area contributed by atoms with Gasteiger partial charge < -0.3 is 11.1 Å². The van der Waals surface area contributed by atoms with Crippen LogP contribution >= 0.6 is 0 Å². The van der Waals surface area contributed by atoms with E-state index in [1.807, 2.05) is 43.3 Å². The SMILES string of the molecule is C[C@@H](NC(=O)c1ccccc1CCN)c1ccncc1. The highest BCUT2D eigenvalue weighted by molar-refractivity contribution is 5.95. The lowest BCUT2D eigenvalue weighted by molar-refractivity contribution is 0.0939. The fourth-order valence-electron chi connectivity index (χ4n) is 2.13. The van der Waals surface area contributed by atoms with E-state index in [9.17, 15) is 4.79 Å². The molecule has 0 aliphatic carbocycles. The third-order valence-electron chi connectivity index (χ3n) is 3.23. The molecule has 20 heavy (non-hydrogen) atoms. The van der Waals surface area contributed by atoms with E-state index in [-0.39, 0.29) is 11.9 Å². The van der Waals surface area contributed by atoms with Gasteiger partial charge in [0.2, 0.25) is 0 Å². The molecule has 4 nitrogen and oxygen atoms in total. The second kappa shape index (κ2) is 6.82. The molecule has 0 saturated carbocycles. The molecule has 4 heteroatoms. The Hall–Kier alpha value is -2.20. The Morgan fingerprint density at radius 3 is 2.65 bits per heavy atom. The van der Waals surface area contributed by atoms with E-state index in [4.69, 9.17) is 5.73 Å². The van der Waals surface area contributed by atoms with Crippen molar-refractivity contribution in [2.45, 2.75) is 19.4 Å². The topological polar surface area (TPSA) is 68.0 Å². The van der Waals surface area contributed by atoms with Crippen molar-refractivity contribution in [3.8, 4) is 0 Å². The zero-order chi connectivity index (χ0) is 14.4. The lowest BCUT2D eigenvalue weighted by Crippen LogP contribution is -2.27. The summed E-state index contributed by atoms with van der Waals surface area (Å²) >= 11 is 0. The lowest BCUT2D eigenvalue weighted by atomic mass is 10.0. The number of pyridine rings is 1. The van der Waals surface area contributed by atoms with Gasteiger partial charge in [-0.2, -0.15) is 0 Å². The first kappa shape index (κ1) is 14.2. The predicted octanol–water partition coefficient (Wildman–Crippen LogP) is 2.07. The van der Waals surface area contributed by atoms with Crippen LogP contribution in [0.3, 0.4) is 0 Å². The Morgan fingerprint density at radius 2 is 1.95 bits per heavy atom. The normalized spacial score (nSPS) is 11.9. The van der Waals surface area contributed by atoms with Gasteiger partial charge >= 0.3 is 0 Å². The number of nitrogens with two attached hydrogens (primary N) is 1. The number of benzene rings is 1. The molecular formula is C16H19N3O. The van der Waals surface area contributed by atoms with Crippen molar-refractivity contribution in [3.05, 3.63) is 65.5 Å². The van der Waals surface area contributed by atoms with Crippen LogP contribution in [0.15, 0.2) is 48.8 Å². The van der Waals surface area contributed by atoms with Crippen LogP contribution in [0.5, 0.6) is 0 Å². The van der Waals surface area contributed by atoms with Crippen molar-refractivity contribution < 1.29 is 4.79 Å². The van der Waals surface area contributed by atoms with Gasteiger partial charge in [0, 0.05) is 18.0 Å². The second-order valence-electron chi connectivity index (χ2n) is 4.67. The first-order valence-electron chi connectivity index (χ1n) is 6.71. The van der Waals surface area contributed by atoms with Crippen molar-refractivity contribution in [3.63, 3.8) is 0 Å². The molecule has 3 N–H and O–H groups in total. The molecule has 0 bridgehead atoms. The summed E-state index contributed by atoms with van der Waals surface area (Å²) in [6.07, 6.45) is 4.15. The van der Waals surface area contributed by atoms with Crippen LogP contribution in [0.1, 0.15) is 34.5 Å². The fourth-order valence-corrected chi connectivity index (χ4v) is 2.13. The van der Waals surface area contributed by atoms with Gasteiger partial charge in [0.25, 0.3) is 5.91 Å². The summed E-state index contributed by atoms with van der Waals surface area (Å²) in [6.45, 7) is 2.49. The average Bonchev–Trinajstić information content (AvgIpc) is 2.49. The quantitative estimate of drug-likeness (QED) is 0.873. The monoisotopic (exact) mass is 269 g/mol. The van der Waals surface area contributed by atoms with E-state index in [0.29, 0.717) is 18.5 Å². The van der Waals surface area contributed by atoms with Crippen molar-refractivity contribution in [1.82, 2.24) is 10.3 Å². The van der Waals surface area contributed by atoms with Crippen LogP contribution < -0.4 is 11.1 Å². The maximum absolute atomic E-state index is 12.4. The third kappa shape index (κ3) is 3.42. The highest BCUT2D eigenvalue weighted by Crippen LogP contribution is 2.14. The zero-order valence-corrected chi connectivity index (χ0v) is 11.5. The van der Waals surface area contributed by atoms with Crippen molar-refractivity contribution in [2.75, 3.05) is 6.54 Å². The van der Waals surface area contributed by atoms with E-state index in [2.05, 4.69) is 10.3 Å². The molecule has 1 aromatic heterocycles. The molecule has 104 valence electrons. The smallest absolute Gasteiger partial charge is 0.252 e. The van der Waals surface area contributed by atoms with Crippen LogP contribution in [0, 0.1) is 0 Å². The summed E-state index contributed by atoms with van der Waals surface area (Å²) in [5.74, 6) is -0.0710. The second-order valence-corrected chi connectivity index (χ2v) is 4.67. The minimum absolute atomic E-state index is 0.0589. The number of amides is 1. The summed E-state index contributed by atoms with van der Waals surface area (Å²) < 4.78 is 0. The molecule has 1 atom stereocenters. The number of rotatable bonds is 5. The number of nitrogens with zero attached hydrogens (tertiary/aromatic N) is 1. The molecular weight excluding hydrogens is 250 g/mol. The van der Waals surface area contributed by atoms with Crippen LogP contribution in [0.4, 0.5) is 0 Å². The average molecular weight is 269 g/mol. The van der Waals surface area contributed by atoms with Gasteiger partial charge in [-0.25, -0.2) is 0 Å². The lowest BCUT2D eigenvalue weighted by Gasteiger charge is -2.15. The van der Waals surface area contributed by atoms with Crippen LogP contribution in [-0.2, 0) is 6.42 Å². The molecule has 0 spiro atoms. The summed E-state index contributed by atoms with van der Waals surface area (Å²) in [5.41, 5.74) is 8.29. The molecule has 0 saturated heterocycles. The zero-order valence-electron chi connectivity index (χ0n) is 11.5. The number of carbonyl (C=O) groups is 1. The van der Waals surface area contributed by atoms with Gasteiger partial charge in [-0.15, -0.1) is 0 Å². The highest BCUT2D eigenvalue weighted by atomic mass is 16.1. The van der Waals surface area contributed by atoms with E-state index in [0.717, 1.165) is 11.1 Å². The summed E-state index contributed by atoms with van der Waals surface area (Å²) in [4.78, 5) is 16.3. The first-order chi connectivity index (χ1) is 9.72. The fraction of sp³-hybridized carbons (Fsp3) is 0.250. The first-order valence-corrected chi connectivity index (χ1v) is 6.71. The molecule has 2 aromatic rings. The molecule has 1 heterocycles. The largest absolute Gasteiger partial charge is 0.346 e. The van der Waals surface area contributed by atoms with Crippen molar-refractivity contribution in [1.29, 1.82) is 0 Å². The van der Waals surface area contributed by atoms with Crippen LogP contribution in [0.2, 0.25) is 0 Å². The van der Waals surface area contributed by atoms with Crippen LogP contribution in [-0.4, -0.2) is 17.4 Å². The van der Waals surface area contributed by atoms with Gasteiger partial charge in [0.05, 0.1) is 6.04 Å². The molecule has 0 unspecified atom stereocenters. The van der Waals surface area contributed by atoms with E-state index >= 15 is 0 Å². The minimum atomic E-state index is -0.0710. The molecule has 0 aliphatic heterocycles. The summed E-state index contributed by atoms with van der Waals surface area (Å²) in [6, 6.07) is 11.3. The maximum Gasteiger partial charge on any atom is 0.252 e. The molecule has 2 rings (SSSR count). The molecule has 0 fully saturated rings. The standard InChI is InChI=1S/C16H19N3O/c1-12(13-7-10-18-11-8-13)19-16(20)15-5-3-2-4-14(15)6-9-17/h2-5,7-8,10-12H,6,9,17H2,1H3,(H,19,20)/t12-/m1/s1. The number of carbonyl (C=O) groups excluding carboxylic acids is 1. The van der Waals surface area contributed by atoms with Gasteiger partial charge in [-0.05, 0) is 49.2 Å². The number of hydrogen-bond donors (Lipinski definition) is 2. The Labute approximate surface area is 119 Å². The Bertz CT molecular complexity index is 569. The number of aromatic nitrogens is 1. The molecule has 1 amide bonds. The maximum atomic E-state index is 12.4. The number of nitrogens with one attached hydrogen (secondary N) is 1. The van der Waals surface area contributed by atoms with E-state index in [1.54, 1.807) is 12.4 Å². The van der Waals surface area contributed by atoms with Crippen molar-refractivity contribution >= 4 is 5.91 Å². The predicted molar refractivity (Wildman–Crippen MR) is 79.3 cm³/mol. The van der Waals surface area contributed by atoms with E-state index < -0.39 is 0 Å². The Kier molecular flexibility index (Phi) is 4.85. The Morgan fingerprint density at radius 1 is 1.25 bits per heavy atom. The third-order valence-corrected chi connectivity index (χ3v) is 3.23. The summed E-state index contributed by atoms with van der Waals surface area (Å²) in [5, 5.41) is 3.00. The van der Waals surface area contributed by atoms with Crippen LogP contribution in [0.25, 0.3) is 0 Å². The van der Waals surface area contributed by atoms with E-state index in [1.165, 1.54) is 0 Å². The molecule has 0 aliphatic rings. The number of hydrogen-bond acceptors (Lipinski definition) is 3. The summed E-state index contributed by atoms with van der Waals surface area (Å²) in [7, 11) is 0. The minimum Gasteiger partial charge on any atom is -0.346 e. The highest BCUT2D eigenvalue weighted by Gasteiger charge is 2.13. The Balaban J connectivity index is 2.12. The van der Waals surface area contributed by atoms with Gasteiger partial charge in [0.15, 0.2) is 0 Å². The van der Waals surface area contributed by atoms with Gasteiger partial charge in [-0.3, -0.25) is 9.78 Å². The van der Waals surface area contributed by atoms with Gasteiger partial charge in [-0.1, -0.05) is 18.2 Å². The van der Waals surface area contributed by atoms with Crippen molar-refractivity contribution in [2.24, 2.45) is 5.73 Å². The van der Waals surface area contributed by atoms with Gasteiger partial charge in [0.1, 0.15) is 0 Å². The molecule has 1 aromatic carbocycles.